The largest absolute Gasteiger partial charge is 0.390 e. The summed E-state index contributed by atoms with van der Waals surface area (Å²) in [6.45, 7) is 6.11. The predicted octanol–water partition coefficient (Wildman–Crippen LogP) is -0.147. The van der Waals surface area contributed by atoms with Crippen LogP contribution in [-0.2, 0) is 4.74 Å². The average molecular weight is 418 g/mol. The molecule has 0 radical (unpaired) electrons. The molecule has 2 aliphatic rings. The first kappa shape index (κ1) is 20.8. The number of rotatable bonds is 7. The first-order valence-corrected chi connectivity index (χ1v) is 10.3. The van der Waals surface area contributed by atoms with Gasteiger partial charge in [-0.05, 0) is 24.3 Å². The average Bonchev–Trinajstić information content (AvgIpc) is 2.77. The lowest BCUT2D eigenvalue weighted by Gasteiger charge is -2.38. The van der Waals surface area contributed by atoms with Gasteiger partial charge in [-0.15, -0.1) is 0 Å². The molecular weight excluding hydrogens is 391 g/mol. The highest BCUT2D eigenvalue weighted by molar-refractivity contribution is 5.75. The molecule has 1 atom stereocenters. The maximum atomic E-state index is 13.1. The van der Waals surface area contributed by atoms with Crippen LogP contribution in [0.1, 0.15) is 0 Å². The molecule has 162 valence electrons. The SMILES string of the molecule is O=c1c(NCC(O)CN2CCOCC2)c(N2CCN(c3ccc(F)cc3)CC2)c1=O. The number of anilines is 3. The topological polar surface area (TPSA) is 85.3 Å². The molecule has 2 fully saturated rings. The molecule has 2 aromatic carbocycles. The number of aliphatic hydroxyl groups is 1. The van der Waals surface area contributed by atoms with Crippen molar-refractivity contribution in [3.63, 3.8) is 0 Å². The van der Waals surface area contributed by atoms with Crippen molar-refractivity contribution in [2.45, 2.75) is 6.10 Å². The molecule has 0 amide bonds. The van der Waals surface area contributed by atoms with Crippen LogP contribution in [0, 0.1) is 5.82 Å². The number of halogens is 1. The number of hydrogen-bond acceptors (Lipinski definition) is 8. The Morgan fingerprint density at radius 3 is 2.27 bits per heavy atom. The molecule has 8 nitrogen and oxygen atoms in total. The van der Waals surface area contributed by atoms with Gasteiger partial charge >= 0.3 is 0 Å². The zero-order valence-electron chi connectivity index (χ0n) is 16.8. The van der Waals surface area contributed by atoms with E-state index in [1.165, 1.54) is 12.1 Å². The fourth-order valence-electron chi connectivity index (χ4n) is 4.05. The Kier molecular flexibility index (Phi) is 6.31. The summed E-state index contributed by atoms with van der Waals surface area (Å²) in [5.74, 6) is -0.271. The fraction of sp³-hybridized carbons (Fsp3) is 0.524. The van der Waals surface area contributed by atoms with Gasteiger partial charge in [0, 0.05) is 58.0 Å². The van der Waals surface area contributed by atoms with E-state index in [-0.39, 0.29) is 12.4 Å². The highest BCUT2D eigenvalue weighted by atomic mass is 19.1. The maximum absolute atomic E-state index is 13.1. The van der Waals surface area contributed by atoms with Crippen LogP contribution in [0.15, 0.2) is 33.9 Å². The van der Waals surface area contributed by atoms with Gasteiger partial charge in [-0.2, -0.15) is 0 Å². The summed E-state index contributed by atoms with van der Waals surface area (Å²) in [7, 11) is 0. The monoisotopic (exact) mass is 418 g/mol. The Balaban J connectivity index is 1.32. The lowest BCUT2D eigenvalue weighted by molar-refractivity contribution is 0.0171. The summed E-state index contributed by atoms with van der Waals surface area (Å²) in [5.41, 5.74) is 0.652. The minimum atomic E-state index is -0.643. The Hall–Kier alpha value is -2.49. The van der Waals surface area contributed by atoms with E-state index in [1.54, 1.807) is 12.1 Å². The van der Waals surface area contributed by atoms with Gasteiger partial charge in [0.1, 0.15) is 17.2 Å². The van der Waals surface area contributed by atoms with E-state index >= 15 is 0 Å². The van der Waals surface area contributed by atoms with Crippen LogP contribution < -0.4 is 26.0 Å². The molecule has 30 heavy (non-hydrogen) atoms. The smallest absolute Gasteiger partial charge is 0.253 e. The predicted molar refractivity (Wildman–Crippen MR) is 114 cm³/mol. The number of aliphatic hydroxyl groups excluding tert-OH is 1. The first-order chi connectivity index (χ1) is 14.5. The van der Waals surface area contributed by atoms with Gasteiger partial charge in [-0.25, -0.2) is 4.39 Å². The fourth-order valence-corrected chi connectivity index (χ4v) is 4.05. The maximum Gasteiger partial charge on any atom is 0.253 e. The molecule has 1 unspecified atom stereocenters. The number of benzene rings is 1. The number of hydrogen-bond donors (Lipinski definition) is 2. The summed E-state index contributed by atoms with van der Waals surface area (Å²) < 4.78 is 18.4. The van der Waals surface area contributed by atoms with Crippen LogP contribution in [0.4, 0.5) is 21.5 Å². The Bertz CT molecular complexity index is 914. The third kappa shape index (κ3) is 4.48. The van der Waals surface area contributed by atoms with Crippen LogP contribution in [0.3, 0.4) is 0 Å². The van der Waals surface area contributed by atoms with Crippen LogP contribution >= 0.6 is 0 Å². The Labute approximate surface area is 174 Å². The molecule has 2 heterocycles. The number of β-amino-alcohol motifs (C(OH)–C–C–N with tert-alkyl or cyclic N) is 1. The number of ether oxygens (including phenoxy) is 1. The van der Waals surface area contributed by atoms with E-state index in [0.717, 1.165) is 18.8 Å². The summed E-state index contributed by atoms with van der Waals surface area (Å²) in [5, 5.41) is 13.3. The molecule has 2 saturated heterocycles. The van der Waals surface area contributed by atoms with Crippen molar-refractivity contribution < 1.29 is 14.2 Å². The van der Waals surface area contributed by atoms with Gasteiger partial charge in [0.25, 0.3) is 10.9 Å². The molecule has 4 rings (SSSR count). The number of nitrogens with zero attached hydrogens (tertiary/aromatic N) is 3. The summed E-state index contributed by atoms with van der Waals surface area (Å²) >= 11 is 0. The quantitative estimate of drug-likeness (QED) is 0.601. The van der Waals surface area contributed by atoms with Crippen molar-refractivity contribution in [2.75, 3.05) is 80.7 Å². The summed E-state index contributed by atoms with van der Waals surface area (Å²) in [4.78, 5) is 30.4. The van der Waals surface area contributed by atoms with E-state index < -0.39 is 17.0 Å². The molecule has 9 heteroatoms. The second-order valence-electron chi connectivity index (χ2n) is 7.78. The molecular formula is C21H27FN4O4. The van der Waals surface area contributed by atoms with Crippen LogP contribution in [0.25, 0.3) is 0 Å². The van der Waals surface area contributed by atoms with E-state index in [4.69, 9.17) is 4.74 Å². The van der Waals surface area contributed by atoms with Crippen molar-refractivity contribution in [3.8, 4) is 0 Å². The van der Waals surface area contributed by atoms with E-state index in [0.29, 0.717) is 57.3 Å². The second kappa shape index (κ2) is 9.11. The van der Waals surface area contributed by atoms with E-state index in [9.17, 15) is 19.1 Å². The van der Waals surface area contributed by atoms with Gasteiger partial charge in [-0.1, -0.05) is 0 Å². The van der Waals surface area contributed by atoms with Crippen molar-refractivity contribution in [3.05, 3.63) is 50.5 Å². The zero-order chi connectivity index (χ0) is 21.1. The molecule has 0 spiro atoms. The van der Waals surface area contributed by atoms with Crippen LogP contribution in [0.2, 0.25) is 0 Å². The third-order valence-corrected chi connectivity index (χ3v) is 5.76. The minimum absolute atomic E-state index is 0.213. The molecule has 0 aromatic heterocycles. The first-order valence-electron chi connectivity index (χ1n) is 10.3. The van der Waals surface area contributed by atoms with Gasteiger partial charge in [0.15, 0.2) is 0 Å². The molecule has 0 aliphatic carbocycles. The van der Waals surface area contributed by atoms with E-state index in [1.807, 2.05) is 4.90 Å². The molecule has 0 saturated carbocycles. The number of nitrogens with one attached hydrogen (secondary N) is 1. The van der Waals surface area contributed by atoms with Gasteiger partial charge in [0.2, 0.25) is 0 Å². The summed E-state index contributed by atoms with van der Waals surface area (Å²) in [6.07, 6.45) is -0.643. The molecule has 2 aliphatic heterocycles. The lowest BCUT2D eigenvalue weighted by atomic mass is 10.1. The molecule has 0 bridgehead atoms. The third-order valence-electron chi connectivity index (χ3n) is 5.76. The second-order valence-corrected chi connectivity index (χ2v) is 7.78. The van der Waals surface area contributed by atoms with Crippen molar-refractivity contribution in [1.29, 1.82) is 0 Å². The molecule has 2 N–H and O–H groups in total. The minimum Gasteiger partial charge on any atom is -0.390 e. The number of piperazine rings is 1. The van der Waals surface area contributed by atoms with E-state index in [2.05, 4.69) is 15.1 Å². The van der Waals surface area contributed by atoms with Crippen molar-refractivity contribution >= 4 is 17.1 Å². The van der Waals surface area contributed by atoms with Crippen molar-refractivity contribution in [1.82, 2.24) is 4.90 Å². The zero-order valence-corrected chi connectivity index (χ0v) is 16.8. The molecule has 2 aromatic rings. The van der Waals surface area contributed by atoms with Crippen LogP contribution in [-0.4, -0.2) is 81.7 Å². The highest BCUT2D eigenvalue weighted by Gasteiger charge is 2.29. The lowest BCUT2D eigenvalue weighted by Crippen LogP contribution is -2.52. The van der Waals surface area contributed by atoms with Gasteiger partial charge in [-0.3, -0.25) is 14.5 Å². The Morgan fingerprint density at radius 2 is 1.60 bits per heavy atom. The van der Waals surface area contributed by atoms with Gasteiger partial charge < -0.3 is 25.0 Å². The number of morpholine rings is 1. The Morgan fingerprint density at radius 1 is 0.967 bits per heavy atom. The standard InChI is InChI=1S/C21H27FN4O4/c22-15-1-3-16(4-2-15)25-5-7-26(8-6-25)19-18(20(28)21(19)29)23-13-17(27)14-24-9-11-30-12-10-24/h1-4,17,23,27H,5-14H2. The summed E-state index contributed by atoms with van der Waals surface area (Å²) in [6, 6.07) is 6.35. The highest BCUT2D eigenvalue weighted by Crippen LogP contribution is 2.24. The van der Waals surface area contributed by atoms with Crippen LogP contribution in [0.5, 0.6) is 0 Å². The van der Waals surface area contributed by atoms with Crippen molar-refractivity contribution in [2.24, 2.45) is 0 Å². The normalized spacial score (nSPS) is 19.3. The van der Waals surface area contributed by atoms with Gasteiger partial charge in [0.05, 0.1) is 19.3 Å².